The Hall–Kier alpha value is -4.13. The number of aromatic nitrogens is 4. The van der Waals surface area contributed by atoms with Gasteiger partial charge in [-0.1, -0.05) is 53.4 Å². The summed E-state index contributed by atoms with van der Waals surface area (Å²) >= 11 is 0. The van der Waals surface area contributed by atoms with Gasteiger partial charge in [0.05, 0.1) is 33.3 Å². The molecule has 4 aromatic heterocycles. The molecule has 1 aliphatic rings. The van der Waals surface area contributed by atoms with Gasteiger partial charge in [0, 0.05) is 29.5 Å². The molecule has 0 radical (unpaired) electrons. The summed E-state index contributed by atoms with van der Waals surface area (Å²) in [6.07, 6.45) is 11.8. The van der Waals surface area contributed by atoms with Crippen LogP contribution in [0.4, 0.5) is 0 Å². The molecule has 0 atom stereocenters. The first kappa shape index (κ1) is 31.3. The molecular formula is C37H47N5O2. The molecule has 44 heavy (non-hydrogen) atoms. The van der Waals surface area contributed by atoms with Gasteiger partial charge in [0.25, 0.3) is 0 Å². The lowest BCUT2D eigenvalue weighted by molar-refractivity contribution is -0.137. The van der Waals surface area contributed by atoms with Crippen LogP contribution in [0.15, 0.2) is 41.4 Å². The first-order valence-corrected chi connectivity index (χ1v) is 16.6. The third kappa shape index (κ3) is 7.15. The van der Waals surface area contributed by atoms with Gasteiger partial charge in [-0.25, -0.2) is 4.98 Å². The highest BCUT2D eigenvalue weighted by molar-refractivity contribution is 5.89. The van der Waals surface area contributed by atoms with Crippen molar-refractivity contribution >= 4 is 50.7 Å². The number of carboxylic acid groups (broad SMARTS) is 1. The highest BCUT2D eigenvalue weighted by Gasteiger charge is 2.15. The predicted octanol–water partition coefficient (Wildman–Crippen LogP) is 8.88. The number of unbranched alkanes of at least 4 members (excludes halogenated alkanes) is 1. The van der Waals surface area contributed by atoms with E-state index in [0.29, 0.717) is 13.0 Å². The Morgan fingerprint density at radius 1 is 0.705 bits per heavy atom. The zero-order valence-electron chi connectivity index (χ0n) is 26.8. The highest BCUT2D eigenvalue weighted by atomic mass is 16.4. The summed E-state index contributed by atoms with van der Waals surface area (Å²) < 4.78 is 0. The predicted molar refractivity (Wildman–Crippen MR) is 183 cm³/mol. The lowest BCUT2D eigenvalue weighted by Gasteiger charge is -2.01. The Morgan fingerprint density at radius 3 is 1.84 bits per heavy atom. The van der Waals surface area contributed by atoms with Crippen molar-refractivity contribution in [1.29, 1.82) is 0 Å². The lowest BCUT2D eigenvalue weighted by Crippen LogP contribution is -2.09. The Balaban J connectivity index is 1.87. The highest BCUT2D eigenvalue weighted by Crippen LogP contribution is 2.28. The van der Waals surface area contributed by atoms with E-state index in [0.717, 1.165) is 108 Å². The number of aromatic amines is 3. The van der Waals surface area contributed by atoms with Crippen LogP contribution < -0.4 is 5.36 Å². The van der Waals surface area contributed by atoms with Gasteiger partial charge < -0.3 is 20.1 Å². The summed E-state index contributed by atoms with van der Waals surface area (Å²) in [6, 6.07) is 13.4. The summed E-state index contributed by atoms with van der Waals surface area (Å²) in [4.78, 5) is 32.6. The monoisotopic (exact) mass is 593 g/mol. The number of aryl methyl sites for hydroxylation is 3. The Bertz CT molecular complexity index is 1850. The topological polar surface area (TPSA) is 110 Å². The standard InChI is InChI=1S/C37H47N5O2/c1-5-11-24-19-31-32-21-26(13-7-3)30(41-32)23-35(38-18-10-9-15-36(43)44)37-27(14-8-4)22-34(42-37)33-20-25(12-6-2)29(40-33)17-16-28(24)39-31/h16-17,19-23,39-41H,5-15,18H2,1-4H3,(H,43,44). The second kappa shape index (κ2) is 14.6. The molecule has 0 amide bonds. The molecule has 5 heterocycles. The molecule has 7 heteroatoms. The number of rotatable bonds is 13. The van der Waals surface area contributed by atoms with Gasteiger partial charge in [-0.2, -0.15) is 0 Å². The molecular weight excluding hydrogens is 546 g/mol. The summed E-state index contributed by atoms with van der Waals surface area (Å²) in [5.41, 5.74) is 13.4. The number of allylic oxidation sites excluding steroid dienone is 1. The van der Waals surface area contributed by atoms with E-state index in [2.05, 4.69) is 85.1 Å². The van der Waals surface area contributed by atoms with E-state index in [9.17, 15) is 4.79 Å². The van der Waals surface area contributed by atoms with Crippen molar-refractivity contribution in [3.8, 4) is 0 Å². The van der Waals surface area contributed by atoms with Gasteiger partial charge in [0.2, 0.25) is 0 Å². The van der Waals surface area contributed by atoms with E-state index in [4.69, 9.17) is 15.1 Å². The minimum Gasteiger partial charge on any atom is -0.481 e. The maximum absolute atomic E-state index is 11.1. The van der Waals surface area contributed by atoms with Gasteiger partial charge in [0.15, 0.2) is 0 Å². The van der Waals surface area contributed by atoms with E-state index >= 15 is 0 Å². The largest absolute Gasteiger partial charge is 0.481 e. The van der Waals surface area contributed by atoms with E-state index < -0.39 is 5.97 Å². The fourth-order valence-electron chi connectivity index (χ4n) is 6.18. The van der Waals surface area contributed by atoms with Crippen LogP contribution in [0.25, 0.3) is 44.7 Å². The fraction of sp³-hybridized carbons (Fsp3) is 0.432. The molecule has 7 nitrogen and oxygen atoms in total. The summed E-state index contributed by atoms with van der Waals surface area (Å²) in [5.74, 6) is -0.762. The van der Waals surface area contributed by atoms with Crippen LogP contribution >= 0.6 is 0 Å². The van der Waals surface area contributed by atoms with Crippen molar-refractivity contribution in [3.05, 3.63) is 69.8 Å². The second-order valence-corrected chi connectivity index (χ2v) is 12.0. The van der Waals surface area contributed by atoms with Gasteiger partial charge >= 0.3 is 5.97 Å². The molecule has 0 fully saturated rings. The zero-order valence-corrected chi connectivity index (χ0v) is 26.8. The van der Waals surface area contributed by atoms with E-state index in [1.54, 1.807) is 0 Å². The molecule has 4 N–H and O–H groups in total. The summed E-state index contributed by atoms with van der Waals surface area (Å²) in [6.45, 7) is 9.41. The van der Waals surface area contributed by atoms with Crippen LogP contribution in [-0.4, -0.2) is 37.6 Å². The minimum absolute atomic E-state index is 0.164. The number of hydrogen-bond acceptors (Lipinski definition) is 3. The molecule has 0 saturated carbocycles. The van der Waals surface area contributed by atoms with E-state index in [1.807, 2.05) is 0 Å². The number of nitrogens with zero attached hydrogens (tertiary/aromatic N) is 2. The summed E-state index contributed by atoms with van der Waals surface area (Å²) in [5, 5.41) is 9.97. The Kier molecular flexibility index (Phi) is 10.4. The smallest absolute Gasteiger partial charge is 0.303 e. The first-order chi connectivity index (χ1) is 21.4. The van der Waals surface area contributed by atoms with Crippen molar-refractivity contribution in [2.45, 2.75) is 98.3 Å². The molecule has 0 aliphatic carbocycles. The van der Waals surface area contributed by atoms with Crippen LogP contribution in [0.2, 0.25) is 0 Å². The number of carbonyl (C=O) groups is 1. The molecule has 232 valence electrons. The molecule has 0 saturated heterocycles. The molecule has 5 rings (SSSR count). The van der Waals surface area contributed by atoms with E-state index in [-0.39, 0.29) is 6.42 Å². The zero-order chi connectivity index (χ0) is 31.1. The average molecular weight is 594 g/mol. The van der Waals surface area contributed by atoms with Gasteiger partial charge in [-0.05, 0) is 103 Å². The molecule has 1 aliphatic heterocycles. The van der Waals surface area contributed by atoms with E-state index in [1.165, 1.54) is 22.3 Å². The van der Waals surface area contributed by atoms with Crippen molar-refractivity contribution in [3.63, 3.8) is 0 Å². The lowest BCUT2D eigenvalue weighted by atomic mass is 10.1. The molecule has 0 aromatic carbocycles. The SMILES string of the molecule is CCCC1=Cc2nc1c(=NCCCCC(=O)O)cc1[nH]c(cc1CCC)c1cc(CCC)c(ccc3[nH]c2cc3CCC)[nH]1. The molecule has 0 unspecified atom stereocenters. The third-order valence-corrected chi connectivity index (χ3v) is 8.31. The molecule has 0 spiro atoms. The number of hydrogen-bond donors (Lipinski definition) is 4. The maximum atomic E-state index is 11.1. The second-order valence-electron chi connectivity index (χ2n) is 12.0. The first-order valence-electron chi connectivity index (χ1n) is 16.6. The maximum Gasteiger partial charge on any atom is 0.303 e. The van der Waals surface area contributed by atoms with Gasteiger partial charge in [-0.15, -0.1) is 0 Å². The number of nitrogens with one attached hydrogen (secondary N) is 3. The third-order valence-electron chi connectivity index (χ3n) is 8.31. The van der Waals surface area contributed by atoms with Crippen molar-refractivity contribution in [2.24, 2.45) is 4.99 Å². The Labute approximate surface area is 259 Å². The van der Waals surface area contributed by atoms with Crippen molar-refractivity contribution in [2.75, 3.05) is 6.54 Å². The number of H-pyrrole nitrogens is 3. The van der Waals surface area contributed by atoms with Gasteiger partial charge in [0.1, 0.15) is 0 Å². The van der Waals surface area contributed by atoms with Crippen LogP contribution in [0.3, 0.4) is 0 Å². The van der Waals surface area contributed by atoms with Gasteiger partial charge in [-0.3, -0.25) is 9.79 Å². The summed E-state index contributed by atoms with van der Waals surface area (Å²) in [7, 11) is 0. The number of fused-ring (bicyclic) bond motifs is 10. The van der Waals surface area contributed by atoms with Crippen LogP contribution in [-0.2, 0) is 24.1 Å². The molecule has 8 bridgehead atoms. The Morgan fingerprint density at radius 2 is 1.25 bits per heavy atom. The van der Waals surface area contributed by atoms with Crippen LogP contribution in [0, 0.1) is 0 Å². The number of carboxylic acids is 1. The minimum atomic E-state index is -0.762. The van der Waals surface area contributed by atoms with Crippen LogP contribution in [0.1, 0.15) is 107 Å². The van der Waals surface area contributed by atoms with Crippen molar-refractivity contribution < 1.29 is 9.90 Å². The fourth-order valence-corrected chi connectivity index (χ4v) is 6.18. The normalized spacial score (nSPS) is 12.7. The number of aliphatic carboxylic acids is 1. The quantitative estimate of drug-likeness (QED) is 0.116. The average Bonchev–Trinajstić information content (AvgIpc) is 3.77. The van der Waals surface area contributed by atoms with Crippen molar-refractivity contribution in [1.82, 2.24) is 19.9 Å². The molecule has 4 aromatic rings. The van der Waals surface area contributed by atoms with Crippen LogP contribution in [0.5, 0.6) is 0 Å².